The number of carbonyl (C=O) groups excluding carboxylic acids is 2. The summed E-state index contributed by atoms with van der Waals surface area (Å²) in [6.07, 6.45) is 0.871. The van der Waals surface area contributed by atoms with Crippen LogP contribution in [0, 0.1) is 13.8 Å². The van der Waals surface area contributed by atoms with E-state index in [1.165, 1.54) is 11.3 Å². The second-order valence-corrected chi connectivity index (χ2v) is 9.07. The molecule has 7 nitrogen and oxygen atoms in total. The number of rotatable bonds is 9. The van der Waals surface area contributed by atoms with Gasteiger partial charge in [0.1, 0.15) is 5.75 Å². The van der Waals surface area contributed by atoms with Crippen molar-refractivity contribution >= 4 is 23.0 Å². The molecule has 0 saturated carbocycles. The summed E-state index contributed by atoms with van der Waals surface area (Å²) in [5.41, 5.74) is 1.43. The van der Waals surface area contributed by atoms with Crippen molar-refractivity contribution in [3.8, 4) is 5.75 Å². The lowest BCUT2D eigenvalue weighted by Gasteiger charge is -2.28. The van der Waals surface area contributed by atoms with Gasteiger partial charge < -0.3 is 19.6 Å². The first-order valence-electron chi connectivity index (χ1n) is 10.3. The van der Waals surface area contributed by atoms with Crippen molar-refractivity contribution in [2.45, 2.75) is 33.2 Å². The number of ketones is 1. The highest BCUT2D eigenvalue weighted by Crippen LogP contribution is 2.40. The van der Waals surface area contributed by atoms with E-state index in [4.69, 9.17) is 4.74 Å². The summed E-state index contributed by atoms with van der Waals surface area (Å²) < 4.78 is 5.76. The third-order valence-electron chi connectivity index (χ3n) is 5.09. The number of aliphatic hydroxyl groups is 1. The van der Waals surface area contributed by atoms with Crippen molar-refractivity contribution in [1.82, 2.24) is 14.8 Å². The molecule has 1 aliphatic rings. The average Bonchev–Trinajstić information content (AvgIpc) is 3.20. The zero-order valence-corrected chi connectivity index (χ0v) is 19.5. The number of hydrogen-bond donors (Lipinski definition) is 1. The minimum Gasteiger partial charge on any atom is -0.503 e. The molecule has 31 heavy (non-hydrogen) atoms. The topological polar surface area (TPSA) is 83.0 Å². The smallest absolute Gasteiger partial charge is 0.290 e. The number of benzene rings is 1. The Bertz CT molecular complexity index is 1010. The van der Waals surface area contributed by atoms with Crippen LogP contribution < -0.4 is 4.74 Å². The Morgan fingerprint density at radius 2 is 2.06 bits per heavy atom. The molecule has 8 heteroatoms. The molecule has 1 amide bonds. The van der Waals surface area contributed by atoms with E-state index in [0.29, 0.717) is 36.0 Å². The zero-order valence-electron chi connectivity index (χ0n) is 18.6. The van der Waals surface area contributed by atoms with Crippen LogP contribution in [0.1, 0.15) is 45.3 Å². The summed E-state index contributed by atoms with van der Waals surface area (Å²) in [5, 5.41) is 11.5. The van der Waals surface area contributed by atoms with Crippen molar-refractivity contribution in [3.63, 3.8) is 0 Å². The maximum atomic E-state index is 13.5. The number of carbonyl (C=O) groups is 2. The van der Waals surface area contributed by atoms with E-state index in [0.717, 1.165) is 17.0 Å². The largest absolute Gasteiger partial charge is 0.503 e. The number of hydrogen-bond acceptors (Lipinski definition) is 7. The Morgan fingerprint density at radius 1 is 1.32 bits per heavy atom. The van der Waals surface area contributed by atoms with Gasteiger partial charge in [-0.2, -0.15) is 0 Å². The molecule has 1 aromatic carbocycles. The predicted octanol–water partition coefficient (Wildman–Crippen LogP) is 3.69. The molecule has 0 bridgehead atoms. The molecule has 0 spiro atoms. The van der Waals surface area contributed by atoms with Crippen LogP contribution in [0.3, 0.4) is 0 Å². The van der Waals surface area contributed by atoms with E-state index >= 15 is 0 Å². The number of aliphatic hydroxyl groups excluding tert-OH is 1. The van der Waals surface area contributed by atoms with Gasteiger partial charge in [-0.05, 0) is 52.1 Å². The van der Waals surface area contributed by atoms with E-state index in [-0.39, 0.29) is 11.4 Å². The van der Waals surface area contributed by atoms with Crippen LogP contribution in [0.15, 0.2) is 35.6 Å². The molecular formula is C23H29N3O4S. The van der Waals surface area contributed by atoms with E-state index in [2.05, 4.69) is 4.98 Å². The van der Waals surface area contributed by atoms with Crippen LogP contribution in [0.4, 0.5) is 0 Å². The molecule has 0 saturated heterocycles. The molecule has 1 aliphatic heterocycles. The standard InChI is InChI=1S/C23H29N3O4S/c1-6-12-30-17-9-7-8-16(13-17)19-18(20(27)22-14(2)24-15(3)31-22)21(28)23(29)26(19)11-10-25(4)5/h7-9,13,19,28H,6,10-12H2,1-5H3. The molecule has 1 N–H and O–H groups in total. The molecule has 3 rings (SSSR count). The molecule has 0 aliphatic carbocycles. The van der Waals surface area contributed by atoms with Gasteiger partial charge in [0.05, 0.1) is 33.8 Å². The van der Waals surface area contributed by atoms with Crippen LogP contribution in [-0.2, 0) is 4.79 Å². The molecule has 2 aromatic rings. The minimum absolute atomic E-state index is 0.100. The monoisotopic (exact) mass is 443 g/mol. The number of nitrogens with zero attached hydrogens (tertiary/aromatic N) is 3. The van der Waals surface area contributed by atoms with Crippen molar-refractivity contribution in [1.29, 1.82) is 0 Å². The minimum atomic E-state index is -0.688. The Morgan fingerprint density at radius 3 is 2.68 bits per heavy atom. The summed E-state index contributed by atoms with van der Waals surface area (Å²) in [5.74, 6) is -0.707. The molecule has 0 fully saturated rings. The fraction of sp³-hybridized carbons (Fsp3) is 0.435. The first kappa shape index (κ1) is 23.0. The number of ether oxygens (including phenoxy) is 1. The number of aryl methyl sites for hydroxylation is 2. The van der Waals surface area contributed by atoms with Gasteiger partial charge in [0.25, 0.3) is 5.91 Å². The van der Waals surface area contributed by atoms with Gasteiger partial charge in [0.15, 0.2) is 5.76 Å². The summed E-state index contributed by atoms with van der Waals surface area (Å²) in [4.78, 5) is 34.8. The number of thiazole rings is 1. The maximum absolute atomic E-state index is 13.5. The molecule has 1 aromatic heterocycles. The number of likely N-dealkylation sites (N-methyl/N-ethyl adjacent to an activating group) is 1. The van der Waals surface area contributed by atoms with Crippen LogP contribution in [0.25, 0.3) is 0 Å². The molecule has 0 radical (unpaired) electrons. The lowest BCUT2D eigenvalue weighted by Crippen LogP contribution is -2.36. The van der Waals surface area contributed by atoms with Gasteiger partial charge in [0.2, 0.25) is 5.78 Å². The molecule has 1 unspecified atom stereocenters. The third-order valence-corrected chi connectivity index (χ3v) is 6.16. The normalized spacial score (nSPS) is 16.5. The highest BCUT2D eigenvalue weighted by atomic mass is 32.1. The summed E-state index contributed by atoms with van der Waals surface area (Å²) in [6, 6.07) is 6.70. The Labute approximate surface area is 187 Å². The lowest BCUT2D eigenvalue weighted by molar-refractivity contribution is -0.129. The van der Waals surface area contributed by atoms with E-state index in [9.17, 15) is 14.7 Å². The predicted molar refractivity (Wildman–Crippen MR) is 121 cm³/mol. The van der Waals surface area contributed by atoms with Gasteiger partial charge in [0, 0.05) is 13.1 Å². The number of aromatic nitrogens is 1. The SMILES string of the molecule is CCCOc1cccc(C2C(C(=O)c3sc(C)nc3C)=C(O)C(=O)N2CCN(C)C)c1. The van der Waals surface area contributed by atoms with Crippen molar-refractivity contribution < 1.29 is 19.4 Å². The highest BCUT2D eigenvalue weighted by Gasteiger charge is 2.44. The second kappa shape index (κ2) is 9.62. The van der Waals surface area contributed by atoms with Crippen LogP contribution >= 0.6 is 11.3 Å². The Kier molecular flexibility index (Phi) is 7.12. The van der Waals surface area contributed by atoms with E-state index in [1.54, 1.807) is 11.8 Å². The first-order valence-corrected chi connectivity index (χ1v) is 11.2. The summed E-state index contributed by atoms with van der Waals surface area (Å²) in [7, 11) is 3.83. The highest BCUT2D eigenvalue weighted by molar-refractivity contribution is 7.14. The molecule has 1 atom stereocenters. The van der Waals surface area contributed by atoms with Crippen LogP contribution in [0.5, 0.6) is 5.75 Å². The van der Waals surface area contributed by atoms with Crippen LogP contribution in [-0.4, -0.2) is 65.4 Å². The number of Topliss-reactive ketones (excluding diaryl/α,β-unsaturated/α-hetero) is 1. The molecule has 166 valence electrons. The molecular weight excluding hydrogens is 414 g/mol. The van der Waals surface area contributed by atoms with Gasteiger partial charge in [-0.15, -0.1) is 11.3 Å². The van der Waals surface area contributed by atoms with E-state index in [1.807, 2.05) is 57.1 Å². The fourth-order valence-electron chi connectivity index (χ4n) is 3.63. The van der Waals surface area contributed by atoms with Crippen molar-refractivity contribution in [3.05, 3.63) is 56.7 Å². The van der Waals surface area contributed by atoms with Gasteiger partial charge in [-0.3, -0.25) is 9.59 Å². The maximum Gasteiger partial charge on any atom is 0.290 e. The van der Waals surface area contributed by atoms with Crippen molar-refractivity contribution in [2.75, 3.05) is 33.8 Å². The Hall–Kier alpha value is -2.71. The lowest BCUT2D eigenvalue weighted by atomic mass is 9.95. The third kappa shape index (κ3) is 4.80. The summed E-state index contributed by atoms with van der Waals surface area (Å²) >= 11 is 1.27. The van der Waals surface area contributed by atoms with Crippen LogP contribution in [0.2, 0.25) is 0 Å². The zero-order chi connectivity index (χ0) is 22.7. The Balaban J connectivity index is 2.07. The summed E-state index contributed by atoms with van der Waals surface area (Å²) in [6.45, 7) is 7.17. The van der Waals surface area contributed by atoms with Crippen molar-refractivity contribution in [2.24, 2.45) is 0 Å². The van der Waals surface area contributed by atoms with Gasteiger partial charge in [-0.25, -0.2) is 4.98 Å². The fourth-order valence-corrected chi connectivity index (χ4v) is 4.50. The number of amides is 1. The van der Waals surface area contributed by atoms with Gasteiger partial charge >= 0.3 is 0 Å². The average molecular weight is 444 g/mol. The van der Waals surface area contributed by atoms with Gasteiger partial charge in [-0.1, -0.05) is 19.1 Å². The first-order chi connectivity index (χ1) is 14.7. The second-order valence-electron chi connectivity index (χ2n) is 7.86. The quantitative estimate of drug-likeness (QED) is 0.595. The molecule has 2 heterocycles. The van der Waals surface area contributed by atoms with E-state index < -0.39 is 17.7 Å².